The molecule has 0 aromatic rings. The highest BCUT2D eigenvalue weighted by molar-refractivity contribution is 5.85. The Hall–Kier alpha value is -1.14. The minimum atomic E-state index is -1.02. The molecule has 18 heavy (non-hydrogen) atoms. The molecule has 6 heteroatoms. The molecular formula is C12H24N2O4. The third kappa shape index (κ3) is 6.56. The fourth-order valence-corrected chi connectivity index (χ4v) is 1.68. The lowest BCUT2D eigenvalue weighted by atomic mass is 10.0. The second-order valence-corrected chi connectivity index (χ2v) is 4.26. The lowest BCUT2D eigenvalue weighted by molar-refractivity contribution is -0.142. The van der Waals surface area contributed by atoms with E-state index in [1.807, 2.05) is 6.92 Å². The van der Waals surface area contributed by atoms with E-state index in [4.69, 9.17) is 15.6 Å². The number of methoxy groups -OCH3 is 1. The zero-order valence-corrected chi connectivity index (χ0v) is 11.1. The number of hydrogen-bond donors (Lipinski definition) is 3. The minimum Gasteiger partial charge on any atom is -0.480 e. The Kier molecular flexibility index (Phi) is 9.22. The van der Waals surface area contributed by atoms with Crippen LogP contribution in [0.3, 0.4) is 0 Å². The molecule has 0 aromatic carbocycles. The maximum absolute atomic E-state index is 11.8. The standard InChI is InChI=1S/C12H24N2O4/c1-3-5-9(8-13)11(15)14-10(12(16)17)6-4-7-18-2/h9-10H,3-8,13H2,1-2H3,(H,14,15)(H,16,17). The average molecular weight is 260 g/mol. The number of nitrogens with one attached hydrogen (secondary N) is 1. The van der Waals surface area contributed by atoms with Crippen LogP contribution in [0.4, 0.5) is 0 Å². The molecule has 0 aliphatic rings. The number of amides is 1. The van der Waals surface area contributed by atoms with Gasteiger partial charge in [-0.05, 0) is 19.3 Å². The van der Waals surface area contributed by atoms with Crippen LogP contribution in [-0.4, -0.2) is 43.3 Å². The summed E-state index contributed by atoms with van der Waals surface area (Å²) in [5, 5.41) is 11.6. The summed E-state index contributed by atoms with van der Waals surface area (Å²) in [6.45, 7) is 2.68. The Morgan fingerprint density at radius 2 is 2.06 bits per heavy atom. The van der Waals surface area contributed by atoms with Crippen LogP contribution >= 0.6 is 0 Å². The van der Waals surface area contributed by atoms with Crippen molar-refractivity contribution in [1.29, 1.82) is 0 Å². The molecule has 0 aliphatic carbocycles. The Morgan fingerprint density at radius 1 is 1.39 bits per heavy atom. The molecule has 0 fully saturated rings. The van der Waals surface area contributed by atoms with Crippen molar-refractivity contribution in [3.63, 3.8) is 0 Å². The van der Waals surface area contributed by atoms with Gasteiger partial charge in [0.25, 0.3) is 0 Å². The van der Waals surface area contributed by atoms with E-state index in [1.165, 1.54) is 0 Å². The van der Waals surface area contributed by atoms with Gasteiger partial charge in [-0.3, -0.25) is 4.79 Å². The smallest absolute Gasteiger partial charge is 0.326 e. The van der Waals surface area contributed by atoms with E-state index in [0.717, 1.165) is 6.42 Å². The minimum absolute atomic E-state index is 0.240. The molecule has 1 amide bonds. The monoisotopic (exact) mass is 260 g/mol. The summed E-state index contributed by atoms with van der Waals surface area (Å²) >= 11 is 0. The molecule has 0 aliphatic heterocycles. The Labute approximate surface area is 108 Å². The van der Waals surface area contributed by atoms with Crippen LogP contribution in [0.15, 0.2) is 0 Å². The summed E-state index contributed by atoms with van der Waals surface area (Å²) in [6.07, 6.45) is 2.47. The Bertz CT molecular complexity index is 258. The van der Waals surface area contributed by atoms with Crippen molar-refractivity contribution >= 4 is 11.9 Å². The van der Waals surface area contributed by atoms with Gasteiger partial charge in [0, 0.05) is 20.3 Å². The predicted octanol–water partition coefficient (Wildman–Crippen LogP) is 0.357. The number of ether oxygens (including phenoxy) is 1. The maximum atomic E-state index is 11.8. The first-order valence-electron chi connectivity index (χ1n) is 6.28. The molecule has 2 unspecified atom stereocenters. The van der Waals surface area contributed by atoms with Gasteiger partial charge in [0.2, 0.25) is 5.91 Å². The summed E-state index contributed by atoms with van der Waals surface area (Å²) in [5.74, 6) is -1.60. The van der Waals surface area contributed by atoms with Crippen molar-refractivity contribution in [2.75, 3.05) is 20.3 Å². The number of carbonyl (C=O) groups is 2. The van der Waals surface area contributed by atoms with Crippen LogP contribution in [-0.2, 0) is 14.3 Å². The van der Waals surface area contributed by atoms with Crippen molar-refractivity contribution in [1.82, 2.24) is 5.32 Å². The number of hydrogen-bond acceptors (Lipinski definition) is 4. The summed E-state index contributed by atoms with van der Waals surface area (Å²) in [5.41, 5.74) is 5.50. The first-order valence-corrected chi connectivity index (χ1v) is 6.28. The van der Waals surface area contributed by atoms with Crippen molar-refractivity contribution in [2.45, 2.75) is 38.6 Å². The van der Waals surface area contributed by atoms with E-state index in [-0.39, 0.29) is 18.4 Å². The van der Waals surface area contributed by atoms with E-state index >= 15 is 0 Å². The number of nitrogens with two attached hydrogens (primary N) is 1. The topological polar surface area (TPSA) is 102 Å². The van der Waals surface area contributed by atoms with Gasteiger partial charge in [0.1, 0.15) is 6.04 Å². The van der Waals surface area contributed by atoms with E-state index in [1.54, 1.807) is 7.11 Å². The third-order valence-corrected chi connectivity index (χ3v) is 2.75. The number of rotatable bonds is 10. The fraction of sp³-hybridized carbons (Fsp3) is 0.833. The van der Waals surface area contributed by atoms with Gasteiger partial charge in [0.05, 0.1) is 5.92 Å². The van der Waals surface area contributed by atoms with Gasteiger partial charge in [-0.2, -0.15) is 0 Å². The van der Waals surface area contributed by atoms with Crippen molar-refractivity contribution in [3.05, 3.63) is 0 Å². The summed E-state index contributed by atoms with van der Waals surface area (Å²) in [6, 6.07) is -0.862. The van der Waals surface area contributed by atoms with E-state index in [2.05, 4.69) is 5.32 Å². The average Bonchev–Trinajstić information content (AvgIpc) is 2.34. The molecule has 0 rings (SSSR count). The molecule has 0 bridgehead atoms. The van der Waals surface area contributed by atoms with Gasteiger partial charge < -0.3 is 20.9 Å². The molecule has 0 radical (unpaired) electrons. The summed E-state index contributed by atoms with van der Waals surface area (Å²) < 4.78 is 4.86. The highest BCUT2D eigenvalue weighted by Crippen LogP contribution is 2.06. The van der Waals surface area contributed by atoms with Gasteiger partial charge in [0.15, 0.2) is 0 Å². The lowest BCUT2D eigenvalue weighted by Gasteiger charge is -2.18. The van der Waals surface area contributed by atoms with Crippen molar-refractivity contribution in [3.8, 4) is 0 Å². The second-order valence-electron chi connectivity index (χ2n) is 4.26. The zero-order valence-electron chi connectivity index (χ0n) is 11.1. The van der Waals surface area contributed by atoms with E-state index < -0.39 is 12.0 Å². The van der Waals surface area contributed by atoms with Crippen LogP contribution < -0.4 is 11.1 Å². The molecule has 6 nitrogen and oxygen atoms in total. The van der Waals surface area contributed by atoms with Crippen LogP contribution in [0.5, 0.6) is 0 Å². The highest BCUT2D eigenvalue weighted by atomic mass is 16.5. The van der Waals surface area contributed by atoms with Crippen LogP contribution in [0.1, 0.15) is 32.6 Å². The quantitative estimate of drug-likeness (QED) is 0.492. The predicted molar refractivity (Wildman–Crippen MR) is 68.1 cm³/mol. The van der Waals surface area contributed by atoms with Gasteiger partial charge in [-0.1, -0.05) is 13.3 Å². The largest absolute Gasteiger partial charge is 0.480 e. The lowest BCUT2D eigenvalue weighted by Crippen LogP contribution is -2.45. The zero-order chi connectivity index (χ0) is 14.0. The number of carboxylic acids is 1. The van der Waals surface area contributed by atoms with Crippen LogP contribution in [0.25, 0.3) is 0 Å². The highest BCUT2D eigenvalue weighted by Gasteiger charge is 2.23. The first-order chi connectivity index (χ1) is 8.56. The summed E-state index contributed by atoms with van der Waals surface area (Å²) in [4.78, 5) is 22.8. The normalized spacial score (nSPS) is 13.9. The molecule has 4 N–H and O–H groups in total. The fourth-order valence-electron chi connectivity index (χ4n) is 1.68. The Morgan fingerprint density at radius 3 is 2.50 bits per heavy atom. The van der Waals surface area contributed by atoms with Crippen molar-refractivity contribution < 1.29 is 19.4 Å². The van der Waals surface area contributed by atoms with Crippen LogP contribution in [0.2, 0.25) is 0 Å². The SMILES string of the molecule is CCCC(CN)C(=O)NC(CCCOC)C(=O)O. The Balaban J connectivity index is 4.29. The molecule has 106 valence electrons. The van der Waals surface area contributed by atoms with Crippen LogP contribution in [0, 0.1) is 5.92 Å². The molecule has 0 heterocycles. The van der Waals surface area contributed by atoms with Crippen molar-refractivity contribution in [2.24, 2.45) is 11.7 Å². The molecular weight excluding hydrogens is 236 g/mol. The molecule has 2 atom stereocenters. The van der Waals surface area contributed by atoms with E-state index in [9.17, 15) is 9.59 Å². The molecule has 0 aromatic heterocycles. The maximum Gasteiger partial charge on any atom is 0.326 e. The van der Waals surface area contributed by atoms with Gasteiger partial charge in [-0.25, -0.2) is 4.79 Å². The van der Waals surface area contributed by atoms with Gasteiger partial charge >= 0.3 is 5.97 Å². The summed E-state index contributed by atoms with van der Waals surface area (Å²) in [7, 11) is 1.56. The van der Waals surface area contributed by atoms with E-state index in [0.29, 0.717) is 25.9 Å². The first kappa shape index (κ1) is 16.9. The molecule has 0 saturated heterocycles. The second kappa shape index (κ2) is 9.85. The third-order valence-electron chi connectivity index (χ3n) is 2.75. The molecule has 0 spiro atoms. The number of carbonyl (C=O) groups excluding carboxylic acids is 1. The number of carboxylic acid groups (broad SMARTS) is 1. The number of aliphatic carboxylic acids is 1. The molecule has 0 saturated carbocycles. The van der Waals surface area contributed by atoms with Gasteiger partial charge in [-0.15, -0.1) is 0 Å².